The van der Waals surface area contributed by atoms with Crippen molar-refractivity contribution in [3.63, 3.8) is 0 Å². The molecule has 362 valence electrons. The number of aliphatic hydroxyl groups is 1. The normalized spacial score (nSPS) is 20.3. The first kappa shape index (κ1) is 54.2. The summed E-state index contributed by atoms with van der Waals surface area (Å²) in [6.45, 7) is 1.36. The van der Waals surface area contributed by atoms with E-state index in [1.54, 1.807) is 0 Å². The van der Waals surface area contributed by atoms with Gasteiger partial charge in [0.05, 0.1) is 0 Å². The maximum Gasteiger partial charge on any atom is 0.306 e. The fraction of sp³-hybridized carbons (Fsp3) is 0.963. The van der Waals surface area contributed by atoms with Crippen LogP contribution in [0.3, 0.4) is 0 Å². The molecule has 0 saturated heterocycles. The van der Waals surface area contributed by atoms with Gasteiger partial charge >= 0.3 is 11.9 Å². The van der Waals surface area contributed by atoms with E-state index < -0.39 is 0 Å². The van der Waals surface area contributed by atoms with Gasteiger partial charge in [0.1, 0.15) is 12.2 Å². The fourth-order valence-corrected chi connectivity index (χ4v) is 13.6. The standard InChI is InChI=1S/C54H99NO5S2/c1-55(40-18-19-41-56)50(30-16-6-20-42-61-44-51(36-32-46-22-8-2-9-23-46)59-53(57)38-34-48-26-12-4-13-27-48)31-17-7-21-43-62-45-52(37-33-47-24-10-3-11-25-47)60-54(58)39-35-49-28-14-5-15-29-49/h46-52,56H,2-45H2,1H3. The van der Waals surface area contributed by atoms with Crippen LogP contribution in [0.25, 0.3) is 0 Å². The predicted octanol–water partition coefficient (Wildman–Crippen LogP) is 14.9. The van der Waals surface area contributed by atoms with Gasteiger partial charge in [-0.05, 0) is 126 Å². The second-order valence-electron chi connectivity index (χ2n) is 20.9. The molecule has 1 N–H and O–H groups in total. The van der Waals surface area contributed by atoms with Crippen LogP contribution in [-0.2, 0) is 19.1 Å². The van der Waals surface area contributed by atoms with Crippen LogP contribution in [0.4, 0.5) is 0 Å². The van der Waals surface area contributed by atoms with Gasteiger partial charge in [-0.25, -0.2) is 0 Å². The van der Waals surface area contributed by atoms with Crippen LogP contribution in [0.2, 0.25) is 0 Å². The highest BCUT2D eigenvalue weighted by Crippen LogP contribution is 2.32. The molecule has 0 aromatic rings. The molecule has 0 aliphatic heterocycles. The number of carbonyl (C=O) groups is 2. The molecule has 4 saturated carbocycles. The molecular formula is C54H99NO5S2. The highest BCUT2D eigenvalue weighted by molar-refractivity contribution is 7.99. The smallest absolute Gasteiger partial charge is 0.306 e. The molecule has 2 unspecified atom stereocenters. The first-order valence-corrected chi connectivity index (χ1v) is 29.6. The SMILES string of the molecule is CN(CCCCO)C(CCCCCSCC(CCC1CCCCC1)OC(=O)CCC1CCCCC1)CCCCCSCC(CCC1CCCCC1)OC(=O)CCC1CCCCC1. The zero-order valence-electron chi connectivity index (χ0n) is 40.5. The van der Waals surface area contributed by atoms with E-state index >= 15 is 0 Å². The van der Waals surface area contributed by atoms with Gasteiger partial charge in [-0.3, -0.25) is 9.59 Å². The van der Waals surface area contributed by atoms with Gasteiger partial charge in [0, 0.05) is 37.0 Å². The molecule has 4 fully saturated rings. The molecule has 0 heterocycles. The third-order valence-electron chi connectivity index (χ3n) is 15.6. The molecule has 4 aliphatic rings. The highest BCUT2D eigenvalue weighted by Gasteiger charge is 2.23. The molecule has 62 heavy (non-hydrogen) atoms. The molecule has 0 bridgehead atoms. The van der Waals surface area contributed by atoms with E-state index in [-0.39, 0.29) is 30.8 Å². The number of nitrogens with zero attached hydrogens (tertiary/aromatic N) is 1. The van der Waals surface area contributed by atoms with Crippen LogP contribution in [-0.4, -0.2) is 83.4 Å². The summed E-state index contributed by atoms with van der Waals surface area (Å²) in [5.74, 6) is 7.51. The summed E-state index contributed by atoms with van der Waals surface area (Å²) in [5, 5.41) is 9.41. The minimum absolute atomic E-state index is 0.0594. The average molecular weight is 907 g/mol. The van der Waals surface area contributed by atoms with Crippen LogP contribution in [0.15, 0.2) is 0 Å². The molecule has 4 aliphatic carbocycles. The molecule has 8 heteroatoms. The Labute approximate surface area is 391 Å². The van der Waals surface area contributed by atoms with E-state index in [1.807, 2.05) is 23.5 Å². The van der Waals surface area contributed by atoms with E-state index in [0.29, 0.717) is 18.9 Å². The Morgan fingerprint density at radius 2 is 0.887 bits per heavy atom. The Balaban J connectivity index is 1.10. The summed E-state index contributed by atoms with van der Waals surface area (Å²) in [5.41, 5.74) is 0. The van der Waals surface area contributed by atoms with E-state index in [2.05, 4.69) is 11.9 Å². The Hall–Kier alpha value is -0.440. The van der Waals surface area contributed by atoms with Crippen molar-refractivity contribution >= 4 is 35.5 Å². The van der Waals surface area contributed by atoms with Crippen LogP contribution in [0.5, 0.6) is 0 Å². The first-order chi connectivity index (χ1) is 30.5. The lowest BCUT2D eigenvalue weighted by Gasteiger charge is -2.28. The van der Waals surface area contributed by atoms with Crippen molar-refractivity contribution in [3.05, 3.63) is 0 Å². The van der Waals surface area contributed by atoms with Crippen LogP contribution in [0, 0.1) is 23.7 Å². The molecule has 0 spiro atoms. The lowest BCUT2D eigenvalue weighted by atomic mass is 9.85. The number of hydrogen-bond acceptors (Lipinski definition) is 8. The summed E-state index contributed by atoms with van der Waals surface area (Å²) in [7, 11) is 2.31. The summed E-state index contributed by atoms with van der Waals surface area (Å²) >= 11 is 4.04. The Bertz CT molecular complexity index is 1010. The summed E-state index contributed by atoms with van der Waals surface area (Å²) in [4.78, 5) is 28.5. The predicted molar refractivity (Wildman–Crippen MR) is 267 cm³/mol. The molecular weight excluding hydrogens is 807 g/mol. The summed E-state index contributed by atoms with van der Waals surface area (Å²) in [6, 6.07) is 0.614. The van der Waals surface area contributed by atoms with Crippen molar-refractivity contribution in [2.24, 2.45) is 23.7 Å². The number of thioether (sulfide) groups is 2. The van der Waals surface area contributed by atoms with Gasteiger partial charge in [0.2, 0.25) is 0 Å². The average Bonchev–Trinajstić information content (AvgIpc) is 3.31. The monoisotopic (exact) mass is 906 g/mol. The maximum absolute atomic E-state index is 13.0. The number of ether oxygens (including phenoxy) is 2. The molecule has 0 amide bonds. The Morgan fingerprint density at radius 3 is 1.27 bits per heavy atom. The van der Waals surface area contributed by atoms with Gasteiger partial charge in [-0.15, -0.1) is 0 Å². The molecule has 6 nitrogen and oxygen atoms in total. The van der Waals surface area contributed by atoms with E-state index in [0.717, 1.165) is 91.8 Å². The van der Waals surface area contributed by atoms with Gasteiger partial charge in [0.15, 0.2) is 0 Å². The molecule has 4 rings (SSSR count). The summed E-state index contributed by atoms with van der Waals surface area (Å²) in [6.07, 6.45) is 47.1. The molecule has 0 aromatic heterocycles. The zero-order valence-corrected chi connectivity index (χ0v) is 42.1. The van der Waals surface area contributed by atoms with E-state index in [1.165, 1.54) is 193 Å². The topological polar surface area (TPSA) is 76.1 Å². The van der Waals surface area contributed by atoms with Gasteiger partial charge in [-0.2, -0.15) is 23.5 Å². The fourth-order valence-electron chi connectivity index (χ4n) is 11.4. The summed E-state index contributed by atoms with van der Waals surface area (Å²) < 4.78 is 12.4. The molecule has 2 atom stereocenters. The molecule has 0 aromatic carbocycles. The largest absolute Gasteiger partial charge is 0.461 e. The third-order valence-corrected chi connectivity index (χ3v) is 18.0. The second kappa shape index (κ2) is 35.7. The van der Waals surface area contributed by atoms with Crippen molar-refractivity contribution in [2.75, 3.05) is 43.2 Å². The maximum atomic E-state index is 13.0. The Kier molecular flexibility index (Phi) is 31.2. The van der Waals surface area contributed by atoms with Crippen LogP contribution in [0.1, 0.15) is 244 Å². The van der Waals surface area contributed by atoms with Crippen molar-refractivity contribution in [1.29, 1.82) is 0 Å². The van der Waals surface area contributed by atoms with E-state index in [9.17, 15) is 14.7 Å². The van der Waals surface area contributed by atoms with Crippen molar-refractivity contribution in [1.82, 2.24) is 4.90 Å². The first-order valence-electron chi connectivity index (χ1n) is 27.3. The molecule has 0 radical (unpaired) electrons. The second-order valence-corrected chi connectivity index (χ2v) is 23.2. The number of hydrogen-bond donors (Lipinski definition) is 1. The number of aliphatic hydroxyl groups excluding tert-OH is 1. The third kappa shape index (κ3) is 26.0. The van der Waals surface area contributed by atoms with Crippen LogP contribution < -0.4 is 0 Å². The van der Waals surface area contributed by atoms with Gasteiger partial charge in [-0.1, -0.05) is 154 Å². The number of rotatable bonds is 35. The minimum atomic E-state index is 0.0594. The lowest BCUT2D eigenvalue weighted by Crippen LogP contribution is -2.32. The van der Waals surface area contributed by atoms with Crippen molar-refractivity contribution < 1.29 is 24.2 Å². The number of esters is 2. The highest BCUT2D eigenvalue weighted by atomic mass is 32.2. The number of carbonyl (C=O) groups excluding carboxylic acids is 2. The van der Waals surface area contributed by atoms with Crippen molar-refractivity contribution in [2.45, 2.75) is 262 Å². The van der Waals surface area contributed by atoms with E-state index in [4.69, 9.17) is 9.47 Å². The Morgan fingerprint density at radius 1 is 0.500 bits per heavy atom. The van der Waals surface area contributed by atoms with Gasteiger partial charge < -0.3 is 19.5 Å². The quantitative estimate of drug-likeness (QED) is 0.0498. The van der Waals surface area contributed by atoms with Crippen LogP contribution >= 0.6 is 23.5 Å². The van der Waals surface area contributed by atoms with Gasteiger partial charge in [0.25, 0.3) is 0 Å². The minimum Gasteiger partial charge on any atom is -0.461 e. The number of unbranched alkanes of at least 4 members (excludes halogenated alkanes) is 5. The zero-order chi connectivity index (χ0) is 43.7. The van der Waals surface area contributed by atoms with Crippen molar-refractivity contribution in [3.8, 4) is 0 Å². The lowest BCUT2D eigenvalue weighted by molar-refractivity contribution is -0.149.